The van der Waals surface area contributed by atoms with Gasteiger partial charge < -0.3 is 0 Å². The van der Waals surface area contributed by atoms with E-state index in [2.05, 4.69) is 16.2 Å². The van der Waals surface area contributed by atoms with Crippen LogP contribution >= 0.6 is 0 Å². The molecule has 2 aromatic rings. The molecule has 2 heterocycles. The lowest BCUT2D eigenvalue weighted by molar-refractivity contribution is 0.661. The molecule has 0 saturated heterocycles. The van der Waals surface area contributed by atoms with Gasteiger partial charge in [-0.05, 0) is 19.1 Å². The van der Waals surface area contributed by atoms with Gasteiger partial charge in [-0.2, -0.15) is 10.4 Å². The van der Waals surface area contributed by atoms with E-state index < -0.39 is 0 Å². The highest BCUT2D eigenvalue weighted by molar-refractivity contribution is 5.62. The van der Waals surface area contributed by atoms with Gasteiger partial charge in [0.15, 0.2) is 0 Å². The summed E-state index contributed by atoms with van der Waals surface area (Å²) in [5.74, 6) is 0. The largest absolute Gasteiger partial charge is 0.272 e. The zero-order chi connectivity index (χ0) is 11.4. The van der Waals surface area contributed by atoms with Crippen LogP contribution in [0.2, 0.25) is 0 Å². The third-order valence-electron chi connectivity index (χ3n) is 2.38. The van der Waals surface area contributed by atoms with Crippen LogP contribution in [0.4, 0.5) is 0 Å². The smallest absolute Gasteiger partial charge is 0.0966 e. The van der Waals surface area contributed by atoms with E-state index in [1.807, 2.05) is 29.9 Å². The third-order valence-corrected chi connectivity index (χ3v) is 2.38. The quantitative estimate of drug-likeness (QED) is 0.782. The molecule has 0 atom stereocenters. The Labute approximate surface area is 94.2 Å². The monoisotopic (exact) mass is 212 g/mol. The summed E-state index contributed by atoms with van der Waals surface area (Å²) in [5, 5.41) is 13.2. The second-order valence-electron chi connectivity index (χ2n) is 3.43. The fourth-order valence-corrected chi connectivity index (χ4v) is 1.59. The Hall–Kier alpha value is -2.15. The van der Waals surface area contributed by atoms with Crippen LogP contribution in [0.5, 0.6) is 0 Å². The van der Waals surface area contributed by atoms with E-state index in [1.165, 1.54) is 0 Å². The maximum absolute atomic E-state index is 8.77. The summed E-state index contributed by atoms with van der Waals surface area (Å²) < 4.78 is 1.85. The molecule has 2 rings (SSSR count). The molecule has 0 radical (unpaired) electrons. The maximum Gasteiger partial charge on any atom is 0.0966 e. The Balaban J connectivity index is 2.47. The maximum atomic E-state index is 8.77. The van der Waals surface area contributed by atoms with Crippen molar-refractivity contribution in [3.63, 3.8) is 0 Å². The van der Waals surface area contributed by atoms with Gasteiger partial charge in [-0.3, -0.25) is 9.67 Å². The summed E-state index contributed by atoms with van der Waals surface area (Å²) >= 11 is 0. The highest BCUT2D eigenvalue weighted by Gasteiger charge is 2.09. The first kappa shape index (κ1) is 10.4. The molecule has 80 valence electrons. The molecule has 0 spiro atoms. The molecular formula is C12H12N4. The molecule has 0 aliphatic rings. The molecule has 2 aromatic heterocycles. The fourth-order valence-electron chi connectivity index (χ4n) is 1.59. The number of nitriles is 1. The molecule has 0 aliphatic carbocycles. The van der Waals surface area contributed by atoms with E-state index in [9.17, 15) is 0 Å². The highest BCUT2D eigenvalue weighted by Crippen LogP contribution is 2.21. The van der Waals surface area contributed by atoms with Crippen LogP contribution < -0.4 is 0 Å². The van der Waals surface area contributed by atoms with Gasteiger partial charge in [0, 0.05) is 36.3 Å². The van der Waals surface area contributed by atoms with Crippen molar-refractivity contribution in [2.75, 3.05) is 0 Å². The van der Waals surface area contributed by atoms with Crippen molar-refractivity contribution >= 4 is 0 Å². The molecule has 4 heteroatoms. The van der Waals surface area contributed by atoms with Crippen molar-refractivity contribution in [3.05, 3.63) is 36.3 Å². The van der Waals surface area contributed by atoms with Crippen molar-refractivity contribution in [1.82, 2.24) is 14.8 Å². The first-order valence-electron chi connectivity index (χ1n) is 5.18. The first-order valence-corrected chi connectivity index (χ1v) is 5.18. The fraction of sp³-hybridized carbons (Fsp3) is 0.250. The lowest BCUT2D eigenvalue weighted by atomic mass is 10.1. The van der Waals surface area contributed by atoms with E-state index in [1.54, 1.807) is 12.4 Å². The van der Waals surface area contributed by atoms with Crippen LogP contribution in [-0.2, 0) is 13.0 Å². The SMILES string of the molecule is CCn1cc(CC#N)c(-c2ccncc2)n1. The number of nitrogens with zero attached hydrogens (tertiary/aromatic N) is 4. The Kier molecular flexibility index (Phi) is 2.97. The predicted molar refractivity (Wildman–Crippen MR) is 60.4 cm³/mol. The van der Waals surface area contributed by atoms with Crippen LogP contribution in [0.15, 0.2) is 30.7 Å². The van der Waals surface area contributed by atoms with Gasteiger partial charge in [0.2, 0.25) is 0 Å². The molecule has 0 aromatic carbocycles. The summed E-state index contributed by atoms with van der Waals surface area (Å²) in [6, 6.07) is 5.97. The normalized spacial score (nSPS) is 10.0. The lowest BCUT2D eigenvalue weighted by Crippen LogP contribution is -1.93. The highest BCUT2D eigenvalue weighted by atomic mass is 15.3. The van der Waals surface area contributed by atoms with Crippen molar-refractivity contribution in [3.8, 4) is 17.3 Å². The van der Waals surface area contributed by atoms with Gasteiger partial charge >= 0.3 is 0 Å². The lowest BCUT2D eigenvalue weighted by Gasteiger charge is -1.97. The zero-order valence-electron chi connectivity index (χ0n) is 9.09. The van der Waals surface area contributed by atoms with Crippen LogP contribution in [0.25, 0.3) is 11.3 Å². The average molecular weight is 212 g/mol. The molecule has 0 aliphatic heterocycles. The van der Waals surface area contributed by atoms with Crippen LogP contribution in [0.3, 0.4) is 0 Å². The van der Waals surface area contributed by atoms with Crippen molar-refractivity contribution in [2.24, 2.45) is 0 Å². The summed E-state index contributed by atoms with van der Waals surface area (Å²) in [4.78, 5) is 3.97. The number of aryl methyl sites for hydroxylation is 1. The van der Waals surface area contributed by atoms with Crippen LogP contribution in [-0.4, -0.2) is 14.8 Å². The Morgan fingerprint density at radius 3 is 2.75 bits per heavy atom. The molecule has 16 heavy (non-hydrogen) atoms. The van der Waals surface area contributed by atoms with Gasteiger partial charge in [-0.1, -0.05) is 0 Å². The molecular weight excluding hydrogens is 200 g/mol. The van der Waals surface area contributed by atoms with Gasteiger partial charge in [0.05, 0.1) is 18.2 Å². The minimum Gasteiger partial charge on any atom is -0.272 e. The van der Waals surface area contributed by atoms with Gasteiger partial charge in [-0.25, -0.2) is 0 Å². The summed E-state index contributed by atoms with van der Waals surface area (Å²) in [5.41, 5.74) is 2.86. The predicted octanol–water partition coefficient (Wildman–Crippen LogP) is 2.03. The standard InChI is InChI=1S/C12H12N4/c1-2-16-9-11(3-6-13)12(15-16)10-4-7-14-8-5-10/h4-5,7-9H,2-3H2,1H3. The zero-order valence-corrected chi connectivity index (χ0v) is 9.09. The Morgan fingerprint density at radius 1 is 1.38 bits per heavy atom. The number of pyridine rings is 1. The number of hydrogen-bond donors (Lipinski definition) is 0. The first-order chi connectivity index (χ1) is 7.85. The van der Waals surface area contributed by atoms with E-state index in [0.717, 1.165) is 23.4 Å². The van der Waals surface area contributed by atoms with E-state index in [-0.39, 0.29) is 0 Å². The van der Waals surface area contributed by atoms with E-state index in [0.29, 0.717) is 6.42 Å². The number of hydrogen-bond acceptors (Lipinski definition) is 3. The Bertz CT molecular complexity index is 508. The minimum atomic E-state index is 0.387. The Morgan fingerprint density at radius 2 is 2.12 bits per heavy atom. The molecule has 0 unspecified atom stereocenters. The summed E-state index contributed by atoms with van der Waals surface area (Å²) in [6.45, 7) is 2.84. The minimum absolute atomic E-state index is 0.387. The van der Waals surface area contributed by atoms with Gasteiger partial charge in [-0.15, -0.1) is 0 Å². The second kappa shape index (κ2) is 4.58. The summed E-state index contributed by atoms with van der Waals surface area (Å²) in [7, 11) is 0. The summed E-state index contributed by atoms with van der Waals surface area (Å²) in [6.07, 6.45) is 5.78. The molecule has 4 nitrogen and oxygen atoms in total. The average Bonchev–Trinajstić information content (AvgIpc) is 2.74. The van der Waals surface area contributed by atoms with Gasteiger partial charge in [0.1, 0.15) is 0 Å². The van der Waals surface area contributed by atoms with Crippen molar-refractivity contribution in [2.45, 2.75) is 19.9 Å². The number of rotatable bonds is 3. The molecule has 0 fully saturated rings. The van der Waals surface area contributed by atoms with E-state index in [4.69, 9.17) is 5.26 Å². The third kappa shape index (κ3) is 1.94. The number of aromatic nitrogens is 3. The second-order valence-corrected chi connectivity index (χ2v) is 3.43. The molecule has 0 amide bonds. The topological polar surface area (TPSA) is 54.5 Å². The van der Waals surface area contributed by atoms with Crippen molar-refractivity contribution in [1.29, 1.82) is 5.26 Å². The van der Waals surface area contributed by atoms with E-state index >= 15 is 0 Å². The van der Waals surface area contributed by atoms with Gasteiger partial charge in [0.25, 0.3) is 0 Å². The molecule has 0 bridgehead atoms. The van der Waals surface area contributed by atoms with Crippen LogP contribution in [0.1, 0.15) is 12.5 Å². The van der Waals surface area contributed by atoms with Crippen LogP contribution in [0, 0.1) is 11.3 Å². The molecule has 0 N–H and O–H groups in total. The molecule has 0 saturated carbocycles. The van der Waals surface area contributed by atoms with Crippen molar-refractivity contribution < 1.29 is 0 Å².